The van der Waals surface area contributed by atoms with Crippen LogP contribution in [0, 0.1) is 13.8 Å². The number of aromatic nitrogens is 4. The lowest BCUT2D eigenvalue weighted by Gasteiger charge is -2.11. The molecule has 0 aliphatic rings. The maximum atomic E-state index is 5.84. The molecule has 2 N–H and O–H groups in total. The Morgan fingerprint density at radius 2 is 1.70 bits per heavy atom. The molecule has 0 bridgehead atoms. The quantitative estimate of drug-likeness (QED) is 0.723. The molecule has 0 spiro atoms. The van der Waals surface area contributed by atoms with E-state index in [2.05, 4.69) is 15.5 Å². The molecule has 20 heavy (non-hydrogen) atoms. The highest BCUT2D eigenvalue weighted by Crippen LogP contribution is 2.24. The van der Waals surface area contributed by atoms with Crippen LogP contribution >= 0.6 is 0 Å². The van der Waals surface area contributed by atoms with Gasteiger partial charge < -0.3 is 5.73 Å². The molecule has 0 aliphatic carbocycles. The van der Waals surface area contributed by atoms with E-state index in [0.29, 0.717) is 11.5 Å². The first-order valence-electron chi connectivity index (χ1n) is 6.37. The van der Waals surface area contributed by atoms with Crippen molar-refractivity contribution >= 4 is 5.69 Å². The summed E-state index contributed by atoms with van der Waals surface area (Å²) in [4.78, 5) is 0. The summed E-state index contributed by atoms with van der Waals surface area (Å²) in [5.41, 5.74) is 10.7. The van der Waals surface area contributed by atoms with Crippen molar-refractivity contribution in [2.45, 2.75) is 13.8 Å². The highest BCUT2D eigenvalue weighted by molar-refractivity contribution is 5.63. The average molecular weight is 265 g/mol. The number of nitrogens with zero attached hydrogens (tertiary/aromatic N) is 4. The van der Waals surface area contributed by atoms with E-state index in [0.717, 1.165) is 22.4 Å². The van der Waals surface area contributed by atoms with Gasteiger partial charge in [-0.25, -0.2) is 0 Å². The zero-order valence-electron chi connectivity index (χ0n) is 11.4. The highest BCUT2D eigenvalue weighted by Gasteiger charge is 2.14. The van der Waals surface area contributed by atoms with Crippen molar-refractivity contribution in [3.8, 4) is 17.1 Å². The summed E-state index contributed by atoms with van der Waals surface area (Å²) in [5.74, 6) is 0.690. The topological polar surface area (TPSA) is 69.6 Å². The summed E-state index contributed by atoms with van der Waals surface area (Å²) >= 11 is 0. The summed E-state index contributed by atoms with van der Waals surface area (Å²) in [6, 6.07) is 13.7. The molecule has 1 aromatic heterocycles. The van der Waals surface area contributed by atoms with Crippen LogP contribution in [0.5, 0.6) is 0 Å². The minimum absolute atomic E-state index is 0.690. The molecule has 5 nitrogen and oxygen atoms in total. The molecule has 0 atom stereocenters. The zero-order valence-corrected chi connectivity index (χ0v) is 11.4. The molecule has 0 saturated heterocycles. The van der Waals surface area contributed by atoms with Crippen LogP contribution in [0.4, 0.5) is 5.69 Å². The van der Waals surface area contributed by atoms with E-state index in [1.165, 1.54) is 0 Å². The Hall–Kier alpha value is -2.69. The molecule has 0 saturated carbocycles. The van der Waals surface area contributed by atoms with Crippen LogP contribution in [0.2, 0.25) is 0 Å². The number of nitrogens with two attached hydrogens (primary N) is 1. The van der Waals surface area contributed by atoms with Gasteiger partial charge in [0.15, 0.2) is 5.82 Å². The summed E-state index contributed by atoms with van der Waals surface area (Å²) in [6.07, 6.45) is 0. The molecule has 0 aliphatic heterocycles. The van der Waals surface area contributed by atoms with Gasteiger partial charge >= 0.3 is 0 Å². The Morgan fingerprint density at radius 3 is 2.40 bits per heavy atom. The molecule has 0 radical (unpaired) electrons. The molecule has 5 heteroatoms. The second-order valence-corrected chi connectivity index (χ2v) is 4.78. The predicted octanol–water partition coefficient (Wildman–Crippen LogP) is 2.53. The molecule has 1 heterocycles. The van der Waals surface area contributed by atoms with Gasteiger partial charge in [-0.1, -0.05) is 30.3 Å². The highest BCUT2D eigenvalue weighted by atomic mass is 15.5. The Bertz CT molecular complexity index is 740. The fraction of sp³-hybridized carbons (Fsp3) is 0.133. The first-order chi connectivity index (χ1) is 9.66. The van der Waals surface area contributed by atoms with Crippen LogP contribution in [0.3, 0.4) is 0 Å². The third-order valence-electron chi connectivity index (χ3n) is 3.27. The molecular weight excluding hydrogens is 250 g/mol. The standard InChI is InChI=1S/C15H15N5/c1-10-5-3-6-11(2)14(10)20-15(17-18-19-20)12-7-4-8-13(16)9-12/h3-9H,16H2,1-2H3. The number of para-hydroxylation sites is 1. The van der Waals surface area contributed by atoms with Crippen molar-refractivity contribution in [3.05, 3.63) is 53.6 Å². The molecule has 100 valence electrons. The lowest BCUT2D eigenvalue weighted by molar-refractivity contribution is 0.783. The maximum absolute atomic E-state index is 5.84. The summed E-state index contributed by atoms with van der Waals surface area (Å²) in [5, 5.41) is 12.1. The fourth-order valence-electron chi connectivity index (χ4n) is 2.34. The van der Waals surface area contributed by atoms with Gasteiger partial charge in [-0.05, 0) is 47.5 Å². The van der Waals surface area contributed by atoms with Gasteiger partial charge in [0.25, 0.3) is 0 Å². The second-order valence-electron chi connectivity index (χ2n) is 4.78. The van der Waals surface area contributed by atoms with Gasteiger partial charge in [0.05, 0.1) is 5.69 Å². The first kappa shape index (κ1) is 12.3. The van der Waals surface area contributed by atoms with Gasteiger partial charge in [-0.3, -0.25) is 0 Å². The van der Waals surface area contributed by atoms with Crippen LogP contribution in [0.1, 0.15) is 11.1 Å². The van der Waals surface area contributed by atoms with E-state index in [1.54, 1.807) is 4.68 Å². The Labute approximate surface area is 117 Å². The van der Waals surface area contributed by atoms with Crippen LogP contribution in [-0.4, -0.2) is 20.2 Å². The molecule has 0 fully saturated rings. The van der Waals surface area contributed by atoms with Gasteiger partial charge in [0.2, 0.25) is 0 Å². The van der Waals surface area contributed by atoms with Crippen molar-refractivity contribution in [1.82, 2.24) is 20.2 Å². The monoisotopic (exact) mass is 265 g/mol. The Kier molecular flexibility index (Phi) is 2.95. The van der Waals surface area contributed by atoms with Gasteiger partial charge in [0.1, 0.15) is 0 Å². The summed E-state index contributed by atoms with van der Waals surface area (Å²) in [6.45, 7) is 4.10. The predicted molar refractivity (Wildman–Crippen MR) is 78.5 cm³/mol. The van der Waals surface area contributed by atoms with Crippen LogP contribution in [-0.2, 0) is 0 Å². The van der Waals surface area contributed by atoms with Crippen LogP contribution in [0.15, 0.2) is 42.5 Å². The van der Waals surface area contributed by atoms with Crippen LogP contribution in [0.25, 0.3) is 17.1 Å². The Balaban J connectivity index is 2.21. The number of nitrogen functional groups attached to an aromatic ring is 1. The van der Waals surface area contributed by atoms with Crippen LogP contribution < -0.4 is 5.73 Å². The average Bonchev–Trinajstić information content (AvgIpc) is 2.87. The van der Waals surface area contributed by atoms with E-state index >= 15 is 0 Å². The number of benzene rings is 2. The number of hydrogen-bond acceptors (Lipinski definition) is 4. The number of aryl methyl sites for hydroxylation is 2. The van der Waals surface area contributed by atoms with E-state index in [4.69, 9.17) is 5.73 Å². The fourth-order valence-corrected chi connectivity index (χ4v) is 2.34. The molecular formula is C15H15N5. The summed E-state index contributed by atoms with van der Waals surface area (Å²) < 4.78 is 1.76. The van der Waals surface area contributed by atoms with Crippen molar-refractivity contribution in [2.24, 2.45) is 0 Å². The second kappa shape index (κ2) is 4.77. The van der Waals surface area contributed by atoms with E-state index in [-0.39, 0.29) is 0 Å². The summed E-state index contributed by atoms with van der Waals surface area (Å²) in [7, 11) is 0. The minimum atomic E-state index is 0.690. The minimum Gasteiger partial charge on any atom is -0.399 e. The van der Waals surface area contributed by atoms with Crippen molar-refractivity contribution in [2.75, 3.05) is 5.73 Å². The molecule has 0 amide bonds. The normalized spacial score (nSPS) is 10.7. The van der Waals surface area contributed by atoms with Crippen molar-refractivity contribution in [1.29, 1.82) is 0 Å². The lowest BCUT2D eigenvalue weighted by Crippen LogP contribution is -2.04. The van der Waals surface area contributed by atoms with Crippen molar-refractivity contribution < 1.29 is 0 Å². The van der Waals surface area contributed by atoms with E-state index in [1.807, 2.05) is 56.3 Å². The molecule has 3 rings (SSSR count). The Morgan fingerprint density at radius 1 is 1.00 bits per heavy atom. The first-order valence-corrected chi connectivity index (χ1v) is 6.37. The van der Waals surface area contributed by atoms with E-state index < -0.39 is 0 Å². The largest absolute Gasteiger partial charge is 0.399 e. The SMILES string of the molecule is Cc1cccc(C)c1-n1nnnc1-c1cccc(N)c1. The third kappa shape index (κ3) is 2.03. The van der Waals surface area contributed by atoms with Gasteiger partial charge in [-0.15, -0.1) is 5.10 Å². The number of hydrogen-bond donors (Lipinski definition) is 1. The number of tetrazole rings is 1. The molecule has 3 aromatic rings. The van der Waals surface area contributed by atoms with E-state index in [9.17, 15) is 0 Å². The molecule has 0 unspecified atom stereocenters. The maximum Gasteiger partial charge on any atom is 0.187 e. The number of rotatable bonds is 2. The third-order valence-corrected chi connectivity index (χ3v) is 3.27. The van der Waals surface area contributed by atoms with Crippen molar-refractivity contribution in [3.63, 3.8) is 0 Å². The number of anilines is 1. The smallest absolute Gasteiger partial charge is 0.187 e. The molecule has 2 aromatic carbocycles. The van der Waals surface area contributed by atoms with Gasteiger partial charge in [0, 0.05) is 11.3 Å². The van der Waals surface area contributed by atoms with Gasteiger partial charge in [-0.2, -0.15) is 4.68 Å². The lowest BCUT2D eigenvalue weighted by atomic mass is 10.1. The zero-order chi connectivity index (χ0) is 14.1.